The number of terminal acetylenes is 1. The van der Waals surface area contributed by atoms with Crippen molar-refractivity contribution < 1.29 is 9.57 Å². The molecule has 0 amide bonds. The van der Waals surface area contributed by atoms with Crippen molar-refractivity contribution in [1.82, 2.24) is 0 Å². The van der Waals surface area contributed by atoms with Gasteiger partial charge in [0, 0.05) is 0 Å². The monoisotopic (exact) mass is 115 g/mol. The molecule has 0 aliphatic rings. The quantitative estimate of drug-likeness (QED) is 0.306. The van der Waals surface area contributed by atoms with Crippen LogP contribution < -0.4 is 5.90 Å². The minimum absolute atomic E-state index is 0.323. The third-order valence-corrected chi connectivity index (χ3v) is 0.531. The highest BCUT2D eigenvalue weighted by Crippen LogP contribution is 1.70. The molecule has 0 bridgehead atoms. The van der Waals surface area contributed by atoms with E-state index in [2.05, 4.69) is 16.7 Å². The van der Waals surface area contributed by atoms with Gasteiger partial charge in [-0.3, -0.25) is 0 Å². The largest absolute Gasteiger partial charge is 0.366 e. The summed E-state index contributed by atoms with van der Waals surface area (Å²) >= 11 is 0. The molecule has 0 saturated carbocycles. The van der Waals surface area contributed by atoms with Crippen molar-refractivity contribution in [1.29, 1.82) is 0 Å². The Balaban J connectivity index is 2.65. The van der Waals surface area contributed by atoms with E-state index in [4.69, 9.17) is 11.2 Å². The van der Waals surface area contributed by atoms with Crippen molar-refractivity contribution >= 4 is 0 Å². The number of rotatable bonds is 4. The van der Waals surface area contributed by atoms with Crippen molar-refractivity contribution in [3.05, 3.63) is 0 Å². The van der Waals surface area contributed by atoms with Gasteiger partial charge in [0.15, 0.2) is 0 Å². The van der Waals surface area contributed by atoms with Crippen LogP contribution in [0.3, 0.4) is 0 Å². The van der Waals surface area contributed by atoms with E-state index in [-0.39, 0.29) is 0 Å². The van der Waals surface area contributed by atoms with Gasteiger partial charge in [-0.1, -0.05) is 5.92 Å². The summed E-state index contributed by atoms with van der Waals surface area (Å²) in [5, 5.41) is 0. The van der Waals surface area contributed by atoms with Crippen LogP contribution in [0.4, 0.5) is 0 Å². The molecular formula is C5H9NO2. The molecule has 46 valence electrons. The second kappa shape index (κ2) is 6.44. The van der Waals surface area contributed by atoms with Gasteiger partial charge >= 0.3 is 0 Å². The molecule has 0 aliphatic heterocycles. The van der Waals surface area contributed by atoms with E-state index in [0.29, 0.717) is 19.8 Å². The van der Waals surface area contributed by atoms with Gasteiger partial charge in [0.25, 0.3) is 0 Å². The van der Waals surface area contributed by atoms with Gasteiger partial charge in [-0.05, 0) is 0 Å². The maximum Gasteiger partial charge on any atom is 0.107 e. The Bertz CT molecular complexity index is 77.0. The van der Waals surface area contributed by atoms with Crippen molar-refractivity contribution in [3.63, 3.8) is 0 Å². The Kier molecular flexibility index (Phi) is 5.99. The molecule has 0 aliphatic carbocycles. The fourth-order valence-corrected chi connectivity index (χ4v) is 0.238. The molecule has 0 aromatic rings. The van der Waals surface area contributed by atoms with Crippen LogP contribution in [-0.4, -0.2) is 19.8 Å². The second-order valence-corrected chi connectivity index (χ2v) is 1.13. The Hall–Kier alpha value is -0.560. The lowest BCUT2D eigenvalue weighted by molar-refractivity contribution is 0.0604. The zero-order valence-electron chi connectivity index (χ0n) is 4.59. The molecule has 3 nitrogen and oxygen atoms in total. The average Bonchev–Trinajstić information content (AvgIpc) is 1.81. The molecule has 0 unspecified atom stereocenters. The number of hydrogen-bond donors (Lipinski definition) is 1. The SMILES string of the molecule is C#CCOCCON. The zero-order chi connectivity index (χ0) is 6.24. The summed E-state index contributed by atoms with van der Waals surface area (Å²) in [7, 11) is 0. The maximum absolute atomic E-state index is 4.86. The smallest absolute Gasteiger partial charge is 0.107 e. The van der Waals surface area contributed by atoms with E-state index in [9.17, 15) is 0 Å². The summed E-state index contributed by atoms with van der Waals surface area (Å²) in [6.45, 7) is 1.17. The Labute approximate surface area is 48.7 Å². The third kappa shape index (κ3) is 5.44. The van der Waals surface area contributed by atoms with Crippen LogP contribution in [0.15, 0.2) is 0 Å². The van der Waals surface area contributed by atoms with Crippen LogP contribution >= 0.6 is 0 Å². The molecule has 0 heterocycles. The summed E-state index contributed by atoms with van der Waals surface area (Å²) in [6, 6.07) is 0. The Morgan fingerprint density at radius 3 is 2.75 bits per heavy atom. The van der Waals surface area contributed by atoms with Crippen molar-refractivity contribution in [2.75, 3.05) is 19.8 Å². The van der Waals surface area contributed by atoms with Crippen LogP contribution in [0.25, 0.3) is 0 Å². The molecular weight excluding hydrogens is 106 g/mol. The molecule has 0 saturated heterocycles. The van der Waals surface area contributed by atoms with Crippen molar-refractivity contribution in [2.45, 2.75) is 0 Å². The van der Waals surface area contributed by atoms with E-state index in [1.54, 1.807) is 0 Å². The van der Waals surface area contributed by atoms with Gasteiger partial charge in [0.05, 0.1) is 13.2 Å². The molecule has 0 aromatic heterocycles. The fourth-order valence-electron chi connectivity index (χ4n) is 0.238. The van der Waals surface area contributed by atoms with E-state index < -0.39 is 0 Å². The van der Waals surface area contributed by atoms with Gasteiger partial charge in [-0.2, -0.15) is 0 Å². The molecule has 0 spiro atoms. The van der Waals surface area contributed by atoms with Crippen LogP contribution in [-0.2, 0) is 9.57 Å². The van der Waals surface area contributed by atoms with Crippen LogP contribution in [0.5, 0.6) is 0 Å². The Morgan fingerprint density at radius 1 is 1.50 bits per heavy atom. The predicted molar refractivity (Wildman–Crippen MR) is 29.8 cm³/mol. The number of hydrogen-bond acceptors (Lipinski definition) is 3. The van der Waals surface area contributed by atoms with Crippen LogP contribution in [0, 0.1) is 12.3 Å². The van der Waals surface area contributed by atoms with E-state index in [1.807, 2.05) is 0 Å². The van der Waals surface area contributed by atoms with Crippen LogP contribution in [0.1, 0.15) is 0 Å². The van der Waals surface area contributed by atoms with Crippen molar-refractivity contribution in [2.24, 2.45) is 5.90 Å². The molecule has 2 N–H and O–H groups in total. The molecule has 0 radical (unpaired) electrons. The first kappa shape index (κ1) is 7.44. The van der Waals surface area contributed by atoms with Gasteiger partial charge < -0.3 is 9.57 Å². The minimum atomic E-state index is 0.323. The molecule has 0 aromatic carbocycles. The summed E-state index contributed by atoms with van der Waals surface area (Å²) in [5.41, 5.74) is 0. The first-order valence-electron chi connectivity index (χ1n) is 2.24. The first-order valence-corrected chi connectivity index (χ1v) is 2.24. The third-order valence-electron chi connectivity index (χ3n) is 0.531. The fraction of sp³-hybridized carbons (Fsp3) is 0.600. The minimum Gasteiger partial charge on any atom is -0.366 e. The topological polar surface area (TPSA) is 44.5 Å². The molecule has 3 heteroatoms. The number of ether oxygens (including phenoxy) is 1. The van der Waals surface area contributed by atoms with Gasteiger partial charge in [-0.15, -0.1) is 6.42 Å². The molecule has 0 fully saturated rings. The maximum atomic E-state index is 4.86. The zero-order valence-corrected chi connectivity index (χ0v) is 4.59. The standard InChI is InChI=1S/C5H9NO2/c1-2-3-7-4-5-8-6/h1H,3-6H2. The highest BCUT2D eigenvalue weighted by molar-refractivity contribution is 4.82. The van der Waals surface area contributed by atoms with Crippen molar-refractivity contribution in [3.8, 4) is 12.3 Å². The summed E-state index contributed by atoms with van der Waals surface area (Å²) in [4.78, 5) is 4.19. The summed E-state index contributed by atoms with van der Waals surface area (Å²) in [5.74, 6) is 6.99. The lowest BCUT2D eigenvalue weighted by Crippen LogP contribution is -2.07. The van der Waals surface area contributed by atoms with Crippen LogP contribution in [0.2, 0.25) is 0 Å². The Morgan fingerprint density at radius 2 is 2.25 bits per heavy atom. The summed E-state index contributed by atoms with van der Waals surface area (Å²) < 4.78 is 4.78. The number of nitrogens with two attached hydrogens (primary N) is 1. The van der Waals surface area contributed by atoms with E-state index >= 15 is 0 Å². The van der Waals surface area contributed by atoms with Gasteiger partial charge in [0.1, 0.15) is 6.61 Å². The lowest BCUT2D eigenvalue weighted by atomic mass is 10.7. The lowest BCUT2D eigenvalue weighted by Gasteiger charge is -1.95. The first-order chi connectivity index (χ1) is 3.91. The highest BCUT2D eigenvalue weighted by atomic mass is 16.6. The summed E-state index contributed by atoms with van der Waals surface area (Å²) in [6.07, 6.45) is 4.86. The van der Waals surface area contributed by atoms with Gasteiger partial charge in [0.2, 0.25) is 0 Å². The highest BCUT2D eigenvalue weighted by Gasteiger charge is 1.80. The predicted octanol–water partition coefficient (Wildman–Crippen LogP) is -0.473. The van der Waals surface area contributed by atoms with E-state index in [0.717, 1.165) is 0 Å². The van der Waals surface area contributed by atoms with E-state index in [1.165, 1.54) is 0 Å². The normalized spacial score (nSPS) is 8.50. The molecule has 8 heavy (non-hydrogen) atoms. The molecule has 0 atom stereocenters. The van der Waals surface area contributed by atoms with Gasteiger partial charge in [-0.25, -0.2) is 5.90 Å². The average molecular weight is 115 g/mol. The second-order valence-electron chi connectivity index (χ2n) is 1.13. The molecule has 0 rings (SSSR count).